The Labute approximate surface area is 69.2 Å². The van der Waals surface area contributed by atoms with Gasteiger partial charge >= 0.3 is 0 Å². The highest BCUT2D eigenvalue weighted by molar-refractivity contribution is 8.02. The van der Waals surface area contributed by atoms with E-state index >= 15 is 0 Å². The number of nitrogens with zero attached hydrogens (tertiary/aromatic N) is 1. The van der Waals surface area contributed by atoms with E-state index in [1.54, 1.807) is 23.0 Å². The first-order chi connectivity index (χ1) is 5.00. The molecule has 54 valence electrons. The molecule has 0 N–H and O–H groups in total. The molecule has 0 aromatic carbocycles. The summed E-state index contributed by atoms with van der Waals surface area (Å²) in [6.45, 7) is 0. The number of allylic oxidation sites excluding steroid dienone is 1. The van der Waals surface area contributed by atoms with Gasteiger partial charge in [-0.15, -0.1) is 23.1 Å². The molecule has 1 aromatic rings. The van der Waals surface area contributed by atoms with Crippen LogP contribution in [0, 0.1) is 0 Å². The zero-order valence-electron chi connectivity index (χ0n) is 5.56. The van der Waals surface area contributed by atoms with Gasteiger partial charge in [-0.1, -0.05) is 6.08 Å². The first kappa shape index (κ1) is 7.82. The summed E-state index contributed by atoms with van der Waals surface area (Å²) in [6, 6.07) is 0. The van der Waals surface area contributed by atoms with Crippen molar-refractivity contribution < 1.29 is 0 Å². The van der Waals surface area contributed by atoms with Gasteiger partial charge in [0, 0.05) is 17.3 Å². The van der Waals surface area contributed by atoms with Crippen LogP contribution in [0.1, 0.15) is 6.42 Å². The minimum atomic E-state index is 1.28. The van der Waals surface area contributed by atoms with Gasteiger partial charge in [0.15, 0.2) is 0 Å². The molecule has 10 heavy (non-hydrogen) atoms. The van der Waals surface area contributed by atoms with Crippen LogP contribution in [0.5, 0.6) is 0 Å². The van der Waals surface area contributed by atoms with E-state index in [9.17, 15) is 0 Å². The second kappa shape index (κ2) is 5.50. The van der Waals surface area contributed by atoms with Crippen LogP contribution in [0.3, 0.4) is 0 Å². The largest absolute Gasteiger partial charge is 0.253 e. The summed E-state index contributed by atoms with van der Waals surface area (Å²) in [5, 5.41) is 4.08. The lowest BCUT2D eigenvalue weighted by Crippen LogP contribution is -1.56. The molecule has 0 aliphatic carbocycles. The highest BCUT2D eigenvalue weighted by Crippen LogP contribution is 2.11. The smallest absolute Gasteiger partial charge is 0.0791 e. The standard InChI is InChI=1S/C4H6S.C3H3NS/c1-2-4-5-3-1;1-2-5-3-4-1/h1,3H,2,4H2;1-3H. The molecule has 2 heterocycles. The summed E-state index contributed by atoms with van der Waals surface area (Å²) in [7, 11) is 0. The van der Waals surface area contributed by atoms with E-state index in [-0.39, 0.29) is 0 Å². The van der Waals surface area contributed by atoms with Gasteiger partial charge in [-0.3, -0.25) is 4.98 Å². The molecule has 0 amide bonds. The highest BCUT2D eigenvalue weighted by atomic mass is 32.2. The third-order valence-electron chi connectivity index (χ3n) is 0.942. The average molecular weight is 171 g/mol. The minimum Gasteiger partial charge on any atom is -0.253 e. The minimum absolute atomic E-state index is 1.28. The molecular weight excluding hydrogens is 162 g/mol. The summed E-state index contributed by atoms with van der Waals surface area (Å²) < 4.78 is 0. The molecule has 0 saturated carbocycles. The van der Waals surface area contributed by atoms with Crippen molar-refractivity contribution in [3.63, 3.8) is 0 Å². The Kier molecular flexibility index (Phi) is 4.30. The number of thiazole rings is 1. The predicted molar refractivity (Wildman–Crippen MR) is 48.3 cm³/mol. The fourth-order valence-electron chi connectivity index (χ4n) is 0.516. The van der Waals surface area contributed by atoms with Crippen LogP contribution in [0.2, 0.25) is 0 Å². The van der Waals surface area contributed by atoms with E-state index in [1.807, 2.05) is 17.1 Å². The van der Waals surface area contributed by atoms with Gasteiger partial charge in [-0.2, -0.15) is 0 Å². The lowest BCUT2D eigenvalue weighted by molar-refractivity contribution is 1.28. The Morgan fingerprint density at radius 3 is 2.60 bits per heavy atom. The molecule has 1 aromatic heterocycles. The zero-order valence-corrected chi connectivity index (χ0v) is 7.20. The Morgan fingerprint density at radius 1 is 1.40 bits per heavy atom. The average Bonchev–Trinajstić information content (AvgIpc) is 2.67. The molecule has 1 aliphatic rings. The Morgan fingerprint density at radius 2 is 2.40 bits per heavy atom. The normalized spacial score (nSPS) is 14.4. The molecule has 2 rings (SSSR count). The topological polar surface area (TPSA) is 12.9 Å². The molecular formula is C7H9NS2. The maximum absolute atomic E-state index is 3.74. The lowest BCUT2D eigenvalue weighted by Gasteiger charge is -1.69. The molecule has 0 bridgehead atoms. The maximum Gasteiger partial charge on any atom is 0.0791 e. The zero-order chi connectivity index (χ0) is 7.07. The fourth-order valence-corrected chi connectivity index (χ4v) is 1.55. The third-order valence-corrected chi connectivity index (χ3v) is 2.32. The molecule has 1 aliphatic heterocycles. The van der Waals surface area contributed by atoms with Crippen LogP contribution in [-0.2, 0) is 0 Å². The second-order valence-electron chi connectivity index (χ2n) is 1.71. The van der Waals surface area contributed by atoms with Gasteiger partial charge in [0.2, 0.25) is 0 Å². The summed E-state index contributed by atoms with van der Waals surface area (Å²) in [6.07, 6.45) is 5.25. The van der Waals surface area contributed by atoms with Crippen molar-refractivity contribution in [1.29, 1.82) is 0 Å². The molecule has 0 atom stereocenters. The van der Waals surface area contributed by atoms with Gasteiger partial charge in [-0.05, 0) is 11.8 Å². The van der Waals surface area contributed by atoms with Crippen LogP contribution < -0.4 is 0 Å². The van der Waals surface area contributed by atoms with E-state index < -0.39 is 0 Å². The quantitative estimate of drug-likeness (QED) is 0.595. The van der Waals surface area contributed by atoms with E-state index in [0.717, 1.165) is 0 Å². The van der Waals surface area contributed by atoms with Crippen LogP contribution in [-0.4, -0.2) is 10.7 Å². The molecule has 0 radical (unpaired) electrons. The number of aromatic nitrogens is 1. The van der Waals surface area contributed by atoms with Crippen molar-refractivity contribution in [2.75, 3.05) is 5.75 Å². The number of hydrogen-bond acceptors (Lipinski definition) is 3. The van der Waals surface area contributed by atoms with Crippen molar-refractivity contribution in [2.24, 2.45) is 0 Å². The first-order valence-corrected chi connectivity index (χ1v) is 5.08. The van der Waals surface area contributed by atoms with Crippen LogP contribution in [0.25, 0.3) is 0 Å². The van der Waals surface area contributed by atoms with Crippen LogP contribution in [0.15, 0.2) is 28.6 Å². The van der Waals surface area contributed by atoms with Crippen molar-refractivity contribution in [1.82, 2.24) is 4.98 Å². The molecule has 0 fully saturated rings. The van der Waals surface area contributed by atoms with Crippen molar-refractivity contribution in [3.8, 4) is 0 Å². The molecule has 0 saturated heterocycles. The molecule has 0 spiro atoms. The molecule has 1 nitrogen and oxygen atoms in total. The van der Waals surface area contributed by atoms with Gasteiger partial charge < -0.3 is 0 Å². The van der Waals surface area contributed by atoms with Gasteiger partial charge in [-0.25, -0.2) is 0 Å². The van der Waals surface area contributed by atoms with Crippen LogP contribution in [0.4, 0.5) is 0 Å². The Bertz CT molecular complexity index is 147. The summed E-state index contributed by atoms with van der Waals surface area (Å²) in [5.41, 5.74) is 1.79. The fraction of sp³-hybridized carbons (Fsp3) is 0.286. The molecule has 3 heteroatoms. The third kappa shape index (κ3) is 3.69. The van der Waals surface area contributed by atoms with E-state index in [2.05, 4.69) is 16.5 Å². The van der Waals surface area contributed by atoms with Gasteiger partial charge in [0.25, 0.3) is 0 Å². The second-order valence-corrected chi connectivity index (χ2v) is 3.48. The van der Waals surface area contributed by atoms with Gasteiger partial charge in [0.1, 0.15) is 0 Å². The monoisotopic (exact) mass is 171 g/mol. The molecule has 0 unspecified atom stereocenters. The predicted octanol–water partition coefficient (Wildman–Crippen LogP) is 2.78. The van der Waals surface area contributed by atoms with E-state index in [4.69, 9.17) is 0 Å². The highest BCUT2D eigenvalue weighted by Gasteiger charge is 1.85. The first-order valence-electron chi connectivity index (χ1n) is 3.09. The Balaban J connectivity index is 0.0000001000. The maximum atomic E-state index is 3.74. The summed E-state index contributed by atoms with van der Waals surface area (Å²) in [4.78, 5) is 3.74. The lowest BCUT2D eigenvalue weighted by atomic mass is 10.5. The van der Waals surface area contributed by atoms with Crippen LogP contribution >= 0.6 is 23.1 Å². The summed E-state index contributed by atoms with van der Waals surface area (Å²) >= 11 is 3.50. The van der Waals surface area contributed by atoms with Crippen molar-refractivity contribution >= 4 is 23.1 Å². The van der Waals surface area contributed by atoms with Crippen molar-refractivity contribution in [2.45, 2.75) is 6.42 Å². The number of thioether (sulfide) groups is 1. The SMILES string of the molecule is C1=CSCC1.c1cscn1. The number of rotatable bonds is 0. The van der Waals surface area contributed by atoms with Gasteiger partial charge in [0.05, 0.1) is 5.51 Å². The summed E-state index contributed by atoms with van der Waals surface area (Å²) in [5.74, 6) is 1.31. The van der Waals surface area contributed by atoms with E-state index in [1.165, 1.54) is 12.2 Å². The Hall–Kier alpha value is -0.280. The van der Waals surface area contributed by atoms with E-state index in [0.29, 0.717) is 0 Å². The number of hydrogen-bond donors (Lipinski definition) is 0. The van der Waals surface area contributed by atoms with Crippen molar-refractivity contribution in [3.05, 3.63) is 28.6 Å².